The van der Waals surface area contributed by atoms with Gasteiger partial charge in [-0.3, -0.25) is 0 Å². The van der Waals surface area contributed by atoms with Gasteiger partial charge in [0.05, 0.1) is 6.17 Å². The second kappa shape index (κ2) is 13.0. The Hall–Kier alpha value is -0.0800. The maximum absolute atomic E-state index is 5.41. The van der Waals surface area contributed by atoms with Crippen molar-refractivity contribution in [1.82, 2.24) is 0 Å². The molecule has 2 heteroatoms. The second-order valence-electron chi connectivity index (χ2n) is 4.86. The molecule has 0 aromatic carbocycles. The van der Waals surface area contributed by atoms with E-state index in [2.05, 4.69) is 6.92 Å². The summed E-state index contributed by atoms with van der Waals surface area (Å²) in [4.78, 5) is 0. The van der Waals surface area contributed by atoms with E-state index in [-0.39, 0.29) is 0 Å². The van der Waals surface area contributed by atoms with Crippen LogP contribution in [-0.4, -0.2) is 0 Å². The highest BCUT2D eigenvalue weighted by atomic mass is 14.8. The Kier molecular flexibility index (Phi) is 12.9. The Morgan fingerprint density at radius 3 is 1.38 bits per heavy atom. The molecule has 0 heterocycles. The molecule has 0 atom stereocenters. The van der Waals surface area contributed by atoms with Crippen LogP contribution >= 0.6 is 0 Å². The van der Waals surface area contributed by atoms with Crippen LogP contribution in [0.4, 0.5) is 0 Å². The zero-order chi connectivity index (χ0) is 12.1. The Morgan fingerprint density at radius 1 is 0.625 bits per heavy atom. The Labute approximate surface area is 102 Å². The average molecular weight is 227 g/mol. The first-order valence-electron chi connectivity index (χ1n) is 7.14. The summed E-state index contributed by atoms with van der Waals surface area (Å²) in [6.07, 6.45) is 16.6. The van der Waals surface area contributed by atoms with Gasteiger partial charge < -0.3 is 11.5 Å². The van der Waals surface area contributed by atoms with Crippen LogP contribution in [0.5, 0.6) is 0 Å². The van der Waals surface area contributed by atoms with Crippen molar-refractivity contribution in [2.24, 2.45) is 11.5 Å². The van der Waals surface area contributed by atoms with E-state index >= 15 is 0 Å². The van der Waals surface area contributed by atoms with Crippen LogP contribution in [0.1, 0.15) is 84.0 Å². The van der Waals surface area contributed by atoms with Crippen molar-refractivity contribution in [1.29, 1.82) is 0 Å². The molecule has 0 amide bonds. The lowest BCUT2D eigenvalue weighted by Gasteiger charge is -2.04. The molecule has 0 aromatic rings. The largest absolute Gasteiger partial charge is 0.311 e. The van der Waals surface area contributed by atoms with Gasteiger partial charge in [0.25, 0.3) is 0 Å². The van der Waals surface area contributed by atoms with Crippen LogP contribution in [0.15, 0.2) is 0 Å². The molecule has 0 saturated carbocycles. The zero-order valence-electron chi connectivity index (χ0n) is 11.1. The molecule has 0 rings (SSSR count). The minimum absolute atomic E-state index is 0.593. The summed E-state index contributed by atoms with van der Waals surface area (Å²) >= 11 is 0. The summed E-state index contributed by atoms with van der Waals surface area (Å²) in [6.45, 7) is 2.27. The van der Waals surface area contributed by atoms with Gasteiger partial charge in [0.1, 0.15) is 0 Å². The number of hydrogen-bond donors (Lipinski definition) is 2. The number of unbranched alkanes of at least 4 members (excludes halogenated alkanes) is 10. The first kappa shape index (κ1) is 15.9. The summed E-state index contributed by atoms with van der Waals surface area (Å²) < 4.78 is 0. The van der Waals surface area contributed by atoms with E-state index in [9.17, 15) is 0 Å². The third kappa shape index (κ3) is 13.9. The van der Waals surface area contributed by atoms with Gasteiger partial charge in [0, 0.05) is 0 Å². The molecule has 2 nitrogen and oxygen atoms in total. The highest BCUT2D eigenvalue weighted by Crippen LogP contribution is 2.12. The second-order valence-corrected chi connectivity index (χ2v) is 4.86. The van der Waals surface area contributed by atoms with Crippen LogP contribution in [0, 0.1) is 6.17 Å². The van der Waals surface area contributed by atoms with E-state index in [1.54, 1.807) is 0 Å². The van der Waals surface area contributed by atoms with Crippen molar-refractivity contribution >= 4 is 0 Å². The van der Waals surface area contributed by atoms with Gasteiger partial charge in [0.15, 0.2) is 0 Å². The van der Waals surface area contributed by atoms with Crippen LogP contribution < -0.4 is 11.5 Å². The van der Waals surface area contributed by atoms with Crippen LogP contribution in [-0.2, 0) is 0 Å². The number of hydrogen-bond acceptors (Lipinski definition) is 2. The van der Waals surface area contributed by atoms with Crippen molar-refractivity contribution in [3.63, 3.8) is 0 Å². The van der Waals surface area contributed by atoms with E-state index in [1.807, 2.05) is 0 Å². The predicted octanol–water partition coefficient (Wildman–Crippen LogP) is 4.09. The number of nitrogens with two attached hydrogens (primary N) is 2. The standard InChI is InChI=1S/C14H31N2/c1-2-3-4-5-6-7-8-9-10-11-12-13-14(15)16/h2-13,15-16H2,1H3. The van der Waals surface area contributed by atoms with Gasteiger partial charge in [-0.15, -0.1) is 0 Å². The van der Waals surface area contributed by atoms with Crippen LogP contribution in [0.25, 0.3) is 0 Å². The normalized spacial score (nSPS) is 11.2. The first-order valence-corrected chi connectivity index (χ1v) is 7.14. The lowest BCUT2D eigenvalue weighted by atomic mass is 10.1. The Balaban J connectivity index is 2.88. The molecule has 97 valence electrons. The summed E-state index contributed by atoms with van der Waals surface area (Å²) in [5.41, 5.74) is 10.8. The lowest BCUT2D eigenvalue weighted by Crippen LogP contribution is -2.19. The van der Waals surface area contributed by atoms with E-state index < -0.39 is 0 Å². The summed E-state index contributed by atoms with van der Waals surface area (Å²) in [6, 6.07) is 0. The molecule has 0 aromatic heterocycles. The highest BCUT2D eigenvalue weighted by Gasteiger charge is 1.96. The van der Waals surface area contributed by atoms with Gasteiger partial charge in [-0.25, -0.2) is 0 Å². The molecule has 0 fully saturated rings. The fourth-order valence-electron chi connectivity index (χ4n) is 1.99. The molecule has 0 bridgehead atoms. The van der Waals surface area contributed by atoms with E-state index in [1.165, 1.54) is 70.6 Å². The summed E-state index contributed by atoms with van der Waals surface area (Å²) in [7, 11) is 0. The molecule has 1 radical (unpaired) electrons. The third-order valence-electron chi connectivity index (χ3n) is 3.07. The molecule has 4 N–H and O–H groups in total. The minimum atomic E-state index is 0.593. The number of rotatable bonds is 12. The fourth-order valence-corrected chi connectivity index (χ4v) is 1.99. The monoisotopic (exact) mass is 227 g/mol. The van der Waals surface area contributed by atoms with Crippen molar-refractivity contribution in [2.45, 2.75) is 84.0 Å². The predicted molar refractivity (Wildman–Crippen MR) is 72.7 cm³/mol. The van der Waals surface area contributed by atoms with Crippen molar-refractivity contribution < 1.29 is 0 Å². The van der Waals surface area contributed by atoms with E-state index in [0.717, 1.165) is 6.42 Å². The van der Waals surface area contributed by atoms with Gasteiger partial charge in [-0.05, 0) is 6.42 Å². The third-order valence-corrected chi connectivity index (χ3v) is 3.07. The summed E-state index contributed by atoms with van der Waals surface area (Å²) in [5, 5.41) is 0. The smallest absolute Gasteiger partial charge is 0.0955 e. The zero-order valence-corrected chi connectivity index (χ0v) is 11.1. The molecule has 0 spiro atoms. The molecular formula is C14H31N2. The first-order chi connectivity index (χ1) is 7.77. The van der Waals surface area contributed by atoms with Gasteiger partial charge in [-0.2, -0.15) is 0 Å². The topological polar surface area (TPSA) is 52.0 Å². The summed E-state index contributed by atoms with van der Waals surface area (Å²) in [5.74, 6) is 0. The van der Waals surface area contributed by atoms with Crippen molar-refractivity contribution in [2.75, 3.05) is 0 Å². The Morgan fingerprint density at radius 2 is 1.00 bits per heavy atom. The SMILES string of the molecule is CCCCCCCCCCCCC[C](N)N. The van der Waals surface area contributed by atoms with E-state index in [4.69, 9.17) is 11.5 Å². The van der Waals surface area contributed by atoms with Crippen LogP contribution in [0.3, 0.4) is 0 Å². The lowest BCUT2D eigenvalue weighted by molar-refractivity contribution is 0.544. The van der Waals surface area contributed by atoms with Crippen molar-refractivity contribution in [3.05, 3.63) is 6.17 Å². The van der Waals surface area contributed by atoms with Crippen LogP contribution in [0.2, 0.25) is 0 Å². The molecule has 0 saturated heterocycles. The minimum Gasteiger partial charge on any atom is -0.311 e. The van der Waals surface area contributed by atoms with Gasteiger partial charge in [-0.1, -0.05) is 77.6 Å². The molecule has 0 aliphatic carbocycles. The quantitative estimate of drug-likeness (QED) is 0.493. The molecule has 0 aliphatic rings. The molecular weight excluding hydrogens is 196 g/mol. The highest BCUT2D eigenvalue weighted by molar-refractivity contribution is 4.71. The molecule has 0 unspecified atom stereocenters. The molecule has 16 heavy (non-hydrogen) atoms. The average Bonchev–Trinajstić information content (AvgIpc) is 2.25. The Bertz CT molecular complexity index is 124. The van der Waals surface area contributed by atoms with Gasteiger partial charge >= 0.3 is 0 Å². The van der Waals surface area contributed by atoms with Crippen molar-refractivity contribution in [3.8, 4) is 0 Å². The maximum atomic E-state index is 5.41. The van der Waals surface area contributed by atoms with Gasteiger partial charge in [0.2, 0.25) is 0 Å². The van der Waals surface area contributed by atoms with E-state index in [0.29, 0.717) is 6.17 Å². The molecule has 0 aliphatic heterocycles. The fraction of sp³-hybridized carbons (Fsp3) is 0.929. The maximum Gasteiger partial charge on any atom is 0.0955 e.